The van der Waals surface area contributed by atoms with Crippen LogP contribution in [0.4, 0.5) is 0 Å². The zero-order valence-corrected chi connectivity index (χ0v) is 7.46. The van der Waals surface area contributed by atoms with Crippen LogP contribution in [-0.4, -0.2) is 13.1 Å². The second-order valence-corrected chi connectivity index (χ2v) is 2.82. The first-order chi connectivity index (χ1) is 5.86. The Bertz CT molecular complexity index is 228. The summed E-state index contributed by atoms with van der Waals surface area (Å²) in [5.41, 5.74) is 1.34. The van der Waals surface area contributed by atoms with Crippen molar-refractivity contribution in [3.63, 3.8) is 0 Å². The second-order valence-electron chi connectivity index (χ2n) is 2.82. The number of rotatable bonds is 4. The number of likely N-dealkylation sites (N-methyl/N-ethyl adjacent to an activating group) is 1. The number of hydrogen-bond donors (Lipinski definition) is 1. The van der Waals surface area contributed by atoms with E-state index in [1.165, 1.54) is 5.56 Å². The molecule has 0 aromatic heterocycles. The van der Waals surface area contributed by atoms with Gasteiger partial charge in [0.1, 0.15) is 0 Å². The van der Waals surface area contributed by atoms with Crippen molar-refractivity contribution in [2.45, 2.75) is 12.5 Å². The molecule has 1 heteroatoms. The molecule has 0 fully saturated rings. The van der Waals surface area contributed by atoms with Gasteiger partial charge in [-0.3, -0.25) is 0 Å². The van der Waals surface area contributed by atoms with Crippen molar-refractivity contribution in [2.75, 3.05) is 7.05 Å². The van der Waals surface area contributed by atoms with Gasteiger partial charge in [-0.2, -0.15) is 0 Å². The molecule has 0 aliphatic heterocycles. The highest BCUT2D eigenvalue weighted by molar-refractivity contribution is 5.17. The van der Waals surface area contributed by atoms with Crippen LogP contribution in [0.1, 0.15) is 5.56 Å². The van der Waals surface area contributed by atoms with E-state index in [1.807, 2.05) is 19.2 Å². The molecule has 0 unspecified atom stereocenters. The van der Waals surface area contributed by atoms with E-state index in [4.69, 9.17) is 0 Å². The molecule has 1 nitrogen and oxygen atoms in total. The molecule has 1 aromatic carbocycles. The van der Waals surface area contributed by atoms with E-state index in [0.29, 0.717) is 6.04 Å². The van der Waals surface area contributed by atoms with Crippen molar-refractivity contribution in [3.05, 3.63) is 48.6 Å². The summed E-state index contributed by atoms with van der Waals surface area (Å²) < 4.78 is 0. The molecule has 0 aliphatic carbocycles. The minimum Gasteiger partial charge on any atom is -0.313 e. The molecule has 0 saturated carbocycles. The first kappa shape index (κ1) is 9.01. The Morgan fingerprint density at radius 3 is 2.58 bits per heavy atom. The summed E-state index contributed by atoms with van der Waals surface area (Å²) in [5.74, 6) is 0. The van der Waals surface area contributed by atoms with Crippen LogP contribution >= 0.6 is 0 Å². The van der Waals surface area contributed by atoms with E-state index in [9.17, 15) is 0 Å². The normalized spacial score (nSPS) is 12.4. The number of nitrogens with one attached hydrogen (secondary N) is 1. The van der Waals surface area contributed by atoms with E-state index in [0.717, 1.165) is 6.42 Å². The van der Waals surface area contributed by atoms with Crippen molar-refractivity contribution in [1.29, 1.82) is 0 Å². The molecule has 0 spiro atoms. The smallest absolute Gasteiger partial charge is 0.0285 e. The SMILES string of the molecule is C=C[C@H](Cc1ccccc1)NC. The number of hydrogen-bond acceptors (Lipinski definition) is 1. The van der Waals surface area contributed by atoms with Crippen molar-refractivity contribution in [1.82, 2.24) is 5.32 Å². The van der Waals surface area contributed by atoms with E-state index >= 15 is 0 Å². The van der Waals surface area contributed by atoms with E-state index < -0.39 is 0 Å². The molecule has 64 valence electrons. The monoisotopic (exact) mass is 161 g/mol. The molecule has 12 heavy (non-hydrogen) atoms. The van der Waals surface area contributed by atoms with Crippen LogP contribution in [0.25, 0.3) is 0 Å². The highest BCUT2D eigenvalue weighted by Gasteiger charge is 2.00. The third-order valence-corrected chi connectivity index (χ3v) is 1.95. The Labute approximate surface area is 74.1 Å². The second kappa shape index (κ2) is 4.73. The topological polar surface area (TPSA) is 12.0 Å². The lowest BCUT2D eigenvalue weighted by Crippen LogP contribution is -2.24. The van der Waals surface area contributed by atoms with E-state index in [-0.39, 0.29) is 0 Å². The molecular formula is C11H15N. The average molecular weight is 161 g/mol. The van der Waals surface area contributed by atoms with Gasteiger partial charge in [-0.05, 0) is 19.0 Å². The van der Waals surface area contributed by atoms with Crippen LogP contribution in [0.2, 0.25) is 0 Å². The average Bonchev–Trinajstić information content (AvgIpc) is 2.16. The molecule has 1 atom stereocenters. The highest BCUT2D eigenvalue weighted by atomic mass is 14.8. The van der Waals surface area contributed by atoms with Crippen molar-refractivity contribution >= 4 is 0 Å². The molecule has 1 aromatic rings. The van der Waals surface area contributed by atoms with Gasteiger partial charge in [0.15, 0.2) is 0 Å². The Morgan fingerprint density at radius 2 is 2.08 bits per heavy atom. The highest BCUT2D eigenvalue weighted by Crippen LogP contribution is 2.02. The summed E-state index contributed by atoms with van der Waals surface area (Å²) in [5, 5.41) is 3.18. The van der Waals surface area contributed by atoms with Gasteiger partial charge in [0.25, 0.3) is 0 Å². The molecular weight excluding hydrogens is 146 g/mol. The van der Waals surface area contributed by atoms with Crippen LogP contribution in [-0.2, 0) is 6.42 Å². The molecule has 1 rings (SSSR count). The maximum absolute atomic E-state index is 3.77. The minimum absolute atomic E-state index is 0.382. The fourth-order valence-corrected chi connectivity index (χ4v) is 1.17. The van der Waals surface area contributed by atoms with Gasteiger partial charge in [-0.15, -0.1) is 6.58 Å². The Kier molecular flexibility index (Phi) is 3.55. The molecule has 1 N–H and O–H groups in total. The molecule has 0 radical (unpaired) electrons. The summed E-state index contributed by atoms with van der Waals surface area (Å²) in [6.45, 7) is 3.77. The van der Waals surface area contributed by atoms with Gasteiger partial charge >= 0.3 is 0 Å². The molecule has 0 saturated heterocycles. The predicted molar refractivity (Wildman–Crippen MR) is 53.2 cm³/mol. The van der Waals surface area contributed by atoms with Gasteiger partial charge in [0, 0.05) is 6.04 Å². The van der Waals surface area contributed by atoms with Gasteiger partial charge < -0.3 is 5.32 Å². The lowest BCUT2D eigenvalue weighted by molar-refractivity contribution is 0.665. The summed E-state index contributed by atoms with van der Waals surface area (Å²) in [6.07, 6.45) is 2.95. The van der Waals surface area contributed by atoms with Gasteiger partial charge in [0.05, 0.1) is 0 Å². The zero-order chi connectivity index (χ0) is 8.81. The molecule has 0 heterocycles. The third kappa shape index (κ3) is 2.51. The van der Waals surface area contributed by atoms with E-state index in [2.05, 4.69) is 36.2 Å². The van der Waals surface area contributed by atoms with Crippen LogP contribution in [0.3, 0.4) is 0 Å². The first-order valence-electron chi connectivity index (χ1n) is 4.20. The van der Waals surface area contributed by atoms with Crippen LogP contribution < -0.4 is 5.32 Å². The largest absolute Gasteiger partial charge is 0.313 e. The van der Waals surface area contributed by atoms with Crippen LogP contribution in [0.15, 0.2) is 43.0 Å². The Morgan fingerprint density at radius 1 is 1.42 bits per heavy atom. The van der Waals surface area contributed by atoms with Crippen molar-refractivity contribution in [2.24, 2.45) is 0 Å². The summed E-state index contributed by atoms with van der Waals surface area (Å²) in [7, 11) is 1.95. The summed E-state index contributed by atoms with van der Waals surface area (Å²) in [6, 6.07) is 10.8. The van der Waals surface area contributed by atoms with Gasteiger partial charge in [-0.1, -0.05) is 36.4 Å². The quantitative estimate of drug-likeness (QED) is 0.666. The standard InChI is InChI=1S/C11H15N/c1-3-11(12-2)9-10-7-5-4-6-8-10/h3-8,11-12H,1,9H2,2H3/t11-/m1/s1. The molecule has 0 aliphatic rings. The fourth-order valence-electron chi connectivity index (χ4n) is 1.17. The first-order valence-corrected chi connectivity index (χ1v) is 4.20. The summed E-state index contributed by atoms with van der Waals surface area (Å²) in [4.78, 5) is 0. The number of benzene rings is 1. The fraction of sp³-hybridized carbons (Fsp3) is 0.273. The maximum Gasteiger partial charge on any atom is 0.0285 e. The van der Waals surface area contributed by atoms with Crippen molar-refractivity contribution < 1.29 is 0 Å². The predicted octanol–water partition coefficient (Wildman–Crippen LogP) is 2.00. The van der Waals surface area contributed by atoms with Gasteiger partial charge in [-0.25, -0.2) is 0 Å². The zero-order valence-electron chi connectivity index (χ0n) is 7.46. The molecule has 0 bridgehead atoms. The van der Waals surface area contributed by atoms with E-state index in [1.54, 1.807) is 0 Å². The summed E-state index contributed by atoms with van der Waals surface area (Å²) >= 11 is 0. The Hall–Kier alpha value is -1.08. The lowest BCUT2D eigenvalue weighted by Gasteiger charge is -2.10. The third-order valence-electron chi connectivity index (χ3n) is 1.95. The maximum atomic E-state index is 3.77. The van der Waals surface area contributed by atoms with Crippen molar-refractivity contribution in [3.8, 4) is 0 Å². The minimum atomic E-state index is 0.382. The lowest BCUT2D eigenvalue weighted by atomic mass is 10.1. The van der Waals surface area contributed by atoms with Gasteiger partial charge in [0.2, 0.25) is 0 Å². The van der Waals surface area contributed by atoms with Crippen LogP contribution in [0.5, 0.6) is 0 Å². The Balaban J connectivity index is 2.56. The molecule has 0 amide bonds. The van der Waals surface area contributed by atoms with Crippen LogP contribution in [0, 0.1) is 0 Å².